The molecule has 2 aromatic rings. The predicted octanol–water partition coefficient (Wildman–Crippen LogP) is 1.78. The first-order chi connectivity index (χ1) is 7.93. The van der Waals surface area contributed by atoms with Gasteiger partial charge in [-0.2, -0.15) is 0 Å². The van der Waals surface area contributed by atoms with Crippen LogP contribution in [-0.4, -0.2) is 14.8 Å². The minimum Gasteiger partial charge on any atom is -0.272 e. The van der Waals surface area contributed by atoms with Crippen molar-refractivity contribution in [1.29, 1.82) is 0 Å². The lowest BCUT2D eigenvalue weighted by molar-refractivity contribution is 0.446. The highest BCUT2D eigenvalue weighted by atomic mass is 32.1. The number of H-pyrrole nitrogens is 2. The van der Waals surface area contributed by atoms with Crippen LogP contribution in [0.4, 0.5) is 17.6 Å². The molecule has 0 aliphatic rings. The molecule has 0 spiro atoms. The molecule has 1 aromatic heterocycles. The second-order valence-electron chi connectivity index (χ2n) is 3.01. The smallest absolute Gasteiger partial charge is 0.272 e. The molecular weight excluding hydrogens is 262 g/mol. The summed E-state index contributed by atoms with van der Waals surface area (Å²) in [5.41, 5.74) is -2.24. The average Bonchev–Trinajstić information content (AvgIpc) is 2.58. The molecule has 0 saturated carbocycles. The van der Waals surface area contributed by atoms with Crippen molar-refractivity contribution in [2.24, 2.45) is 0 Å². The maximum atomic E-state index is 13.4. The summed E-state index contributed by atoms with van der Waals surface area (Å²) >= 11 is 4.56. The highest BCUT2D eigenvalue weighted by Gasteiger charge is 2.22. The van der Waals surface area contributed by atoms with Gasteiger partial charge in [0.1, 0.15) is 5.69 Å². The van der Waals surface area contributed by atoms with Crippen LogP contribution in [0.2, 0.25) is 0 Å². The molecular formula is C8H3F4N3OS. The first kappa shape index (κ1) is 11.6. The molecule has 17 heavy (non-hydrogen) atoms. The number of hydrogen-bond acceptors (Lipinski definition) is 2. The Labute approximate surface area is 95.5 Å². The third-order valence-electron chi connectivity index (χ3n) is 1.99. The van der Waals surface area contributed by atoms with E-state index in [0.29, 0.717) is 0 Å². The van der Waals surface area contributed by atoms with E-state index in [4.69, 9.17) is 0 Å². The van der Waals surface area contributed by atoms with E-state index >= 15 is 0 Å². The van der Waals surface area contributed by atoms with Gasteiger partial charge in [-0.3, -0.25) is 5.10 Å². The lowest BCUT2D eigenvalue weighted by Crippen LogP contribution is -2.19. The van der Waals surface area contributed by atoms with Crippen molar-refractivity contribution >= 4 is 12.2 Å². The average molecular weight is 265 g/mol. The molecule has 0 saturated heterocycles. The zero-order chi connectivity index (χ0) is 12.7. The van der Waals surface area contributed by atoms with Gasteiger partial charge in [-0.15, -0.1) is 0 Å². The van der Waals surface area contributed by atoms with Crippen molar-refractivity contribution in [1.82, 2.24) is 14.8 Å². The maximum absolute atomic E-state index is 13.4. The minimum atomic E-state index is -1.70. The Morgan fingerprint density at radius 1 is 1.06 bits per heavy atom. The number of hydrogen-bond donors (Lipinski definition) is 2. The van der Waals surface area contributed by atoms with Gasteiger partial charge in [-0.05, 0) is 12.2 Å². The van der Waals surface area contributed by atoms with Gasteiger partial charge in [0.05, 0.1) is 0 Å². The molecule has 0 atom stereocenters. The van der Waals surface area contributed by atoms with Crippen LogP contribution < -0.4 is 5.69 Å². The molecule has 0 aliphatic heterocycles. The van der Waals surface area contributed by atoms with E-state index in [1.54, 1.807) is 0 Å². The van der Waals surface area contributed by atoms with Crippen LogP contribution in [0, 0.1) is 28.0 Å². The Morgan fingerprint density at radius 3 is 2.00 bits per heavy atom. The third kappa shape index (κ3) is 1.68. The van der Waals surface area contributed by atoms with E-state index in [2.05, 4.69) is 17.3 Å². The Bertz CT molecular complexity index is 648. The van der Waals surface area contributed by atoms with Crippen LogP contribution in [0.1, 0.15) is 0 Å². The normalized spacial score (nSPS) is 10.8. The molecule has 1 heterocycles. The number of benzene rings is 1. The summed E-state index contributed by atoms with van der Waals surface area (Å²) in [7, 11) is 0. The summed E-state index contributed by atoms with van der Waals surface area (Å²) in [5.74, 6) is -6.65. The fourth-order valence-electron chi connectivity index (χ4n) is 1.27. The SMILES string of the molecule is O=c1[nH][nH]c(=S)n1-c1c(F)c(F)cc(F)c1F. The molecule has 90 valence electrons. The number of nitrogens with zero attached hydrogens (tertiary/aromatic N) is 1. The number of nitrogens with one attached hydrogen (secondary N) is 2. The van der Waals surface area contributed by atoms with Gasteiger partial charge in [0.2, 0.25) is 4.77 Å². The maximum Gasteiger partial charge on any atom is 0.347 e. The standard InChI is InChI=1S/C8H3F4N3OS/c9-2-1-3(10)5(12)6(4(2)11)15-7(16)13-14-8(15)17/h1H,(H,13,16)(H,14,17). The summed E-state index contributed by atoms with van der Waals surface area (Å²) in [6.07, 6.45) is 0. The fraction of sp³-hybridized carbons (Fsp3) is 0. The minimum absolute atomic E-state index is 0.0403. The Morgan fingerprint density at radius 2 is 1.59 bits per heavy atom. The summed E-state index contributed by atoms with van der Waals surface area (Å²) in [6.45, 7) is 0. The van der Waals surface area contributed by atoms with Gasteiger partial charge in [0.25, 0.3) is 0 Å². The fourth-order valence-corrected chi connectivity index (χ4v) is 1.50. The zero-order valence-corrected chi connectivity index (χ0v) is 8.67. The first-order valence-corrected chi connectivity index (χ1v) is 4.57. The van der Waals surface area contributed by atoms with Gasteiger partial charge in [-0.1, -0.05) is 0 Å². The number of aromatic amines is 2. The Balaban J connectivity index is 2.94. The molecule has 0 radical (unpaired) electrons. The van der Waals surface area contributed by atoms with Crippen molar-refractivity contribution in [2.75, 3.05) is 0 Å². The van der Waals surface area contributed by atoms with E-state index < -0.39 is 39.4 Å². The second-order valence-corrected chi connectivity index (χ2v) is 3.40. The lowest BCUT2D eigenvalue weighted by Gasteiger charge is -2.05. The first-order valence-electron chi connectivity index (χ1n) is 4.16. The van der Waals surface area contributed by atoms with Crippen molar-refractivity contribution in [3.05, 3.63) is 44.6 Å². The molecule has 0 aliphatic carbocycles. The monoisotopic (exact) mass is 265 g/mol. The lowest BCUT2D eigenvalue weighted by atomic mass is 10.2. The summed E-state index contributed by atoms with van der Waals surface area (Å²) in [4.78, 5) is 11.2. The van der Waals surface area contributed by atoms with E-state index in [1.165, 1.54) is 0 Å². The highest BCUT2D eigenvalue weighted by Crippen LogP contribution is 2.21. The Kier molecular flexibility index (Phi) is 2.62. The summed E-state index contributed by atoms with van der Waals surface area (Å²) in [5, 5.41) is 4.02. The predicted molar refractivity (Wildman–Crippen MR) is 51.4 cm³/mol. The van der Waals surface area contributed by atoms with Gasteiger partial charge in [0, 0.05) is 6.07 Å². The number of rotatable bonds is 1. The molecule has 0 amide bonds. The van der Waals surface area contributed by atoms with Gasteiger partial charge >= 0.3 is 5.69 Å². The molecule has 0 fully saturated rings. The zero-order valence-electron chi connectivity index (χ0n) is 7.85. The molecule has 4 nitrogen and oxygen atoms in total. The molecule has 2 N–H and O–H groups in total. The number of aromatic nitrogens is 3. The van der Waals surface area contributed by atoms with E-state index in [0.717, 1.165) is 0 Å². The molecule has 0 unspecified atom stereocenters. The highest BCUT2D eigenvalue weighted by molar-refractivity contribution is 7.71. The molecule has 9 heteroatoms. The number of halogens is 4. The van der Waals surface area contributed by atoms with Crippen LogP contribution in [0.3, 0.4) is 0 Å². The molecule has 0 bridgehead atoms. The quantitative estimate of drug-likeness (QED) is 0.469. The van der Waals surface area contributed by atoms with Gasteiger partial charge in [-0.25, -0.2) is 32.0 Å². The van der Waals surface area contributed by atoms with Crippen LogP contribution in [0.15, 0.2) is 10.9 Å². The largest absolute Gasteiger partial charge is 0.347 e. The van der Waals surface area contributed by atoms with Gasteiger partial charge < -0.3 is 0 Å². The van der Waals surface area contributed by atoms with E-state index in [1.807, 2.05) is 5.10 Å². The van der Waals surface area contributed by atoms with Crippen LogP contribution in [0.5, 0.6) is 0 Å². The Hall–Kier alpha value is -1.90. The molecule has 1 aromatic carbocycles. The van der Waals surface area contributed by atoms with E-state index in [-0.39, 0.29) is 10.6 Å². The third-order valence-corrected chi connectivity index (χ3v) is 2.28. The second kappa shape index (κ2) is 3.84. The summed E-state index contributed by atoms with van der Waals surface area (Å²) in [6, 6.07) is 0.0403. The van der Waals surface area contributed by atoms with Crippen LogP contribution >= 0.6 is 12.2 Å². The van der Waals surface area contributed by atoms with Crippen molar-refractivity contribution in [2.45, 2.75) is 0 Å². The van der Waals surface area contributed by atoms with Crippen molar-refractivity contribution in [3.63, 3.8) is 0 Å². The van der Waals surface area contributed by atoms with Crippen molar-refractivity contribution < 1.29 is 17.6 Å². The molecule has 2 rings (SSSR count). The van der Waals surface area contributed by atoms with E-state index in [9.17, 15) is 22.4 Å². The van der Waals surface area contributed by atoms with Crippen LogP contribution in [-0.2, 0) is 0 Å². The van der Waals surface area contributed by atoms with Gasteiger partial charge in [0.15, 0.2) is 23.3 Å². The van der Waals surface area contributed by atoms with Crippen LogP contribution in [0.25, 0.3) is 5.69 Å². The summed E-state index contributed by atoms with van der Waals surface area (Å²) < 4.78 is 52.4. The topological polar surface area (TPSA) is 53.6 Å². The van der Waals surface area contributed by atoms with Crippen molar-refractivity contribution in [3.8, 4) is 5.69 Å².